The van der Waals surface area contributed by atoms with Crippen LogP contribution >= 0.6 is 0 Å². The first kappa shape index (κ1) is 20.1. The molecule has 0 aliphatic heterocycles. The van der Waals surface area contributed by atoms with Gasteiger partial charge in [0.05, 0.1) is 5.25 Å². The molecule has 2 saturated carbocycles. The summed E-state index contributed by atoms with van der Waals surface area (Å²) >= 11 is 0. The predicted octanol–water partition coefficient (Wildman–Crippen LogP) is 4.44. The fourth-order valence-corrected chi connectivity index (χ4v) is 5.62. The molecule has 8 heteroatoms. The smallest absolute Gasteiger partial charge is 0.235 e. The summed E-state index contributed by atoms with van der Waals surface area (Å²) in [7, 11) is -3.34. The summed E-state index contributed by atoms with van der Waals surface area (Å²) in [5, 5.41) is 3.62. The van der Waals surface area contributed by atoms with Crippen LogP contribution in [0.25, 0.3) is 22.2 Å². The topological polar surface area (TPSA) is 104 Å². The van der Waals surface area contributed by atoms with Gasteiger partial charge in [-0.3, -0.25) is 9.52 Å². The second kappa shape index (κ2) is 7.67. The number of sulfonamides is 1. The first-order valence-corrected chi connectivity index (χ1v) is 12.4. The van der Waals surface area contributed by atoms with Crippen LogP contribution in [-0.2, 0) is 21.2 Å². The molecule has 0 unspecified atom stereocenters. The van der Waals surface area contributed by atoms with E-state index in [9.17, 15) is 13.2 Å². The highest BCUT2D eigenvalue weighted by molar-refractivity contribution is 7.93. The zero-order chi connectivity index (χ0) is 21.6. The normalized spacial score (nSPS) is 16.8. The molecule has 3 N–H and O–H groups in total. The van der Waals surface area contributed by atoms with E-state index in [0.717, 1.165) is 60.6 Å². The van der Waals surface area contributed by atoms with Gasteiger partial charge in [-0.15, -0.1) is 0 Å². The number of carbonyl (C=O) groups excluding carboxylic acids is 1. The Kier molecular flexibility index (Phi) is 4.97. The van der Waals surface area contributed by atoms with E-state index in [0.29, 0.717) is 17.2 Å². The number of aromatic amines is 1. The molecule has 0 atom stereocenters. The van der Waals surface area contributed by atoms with E-state index in [2.05, 4.69) is 20.0 Å². The highest BCUT2D eigenvalue weighted by Crippen LogP contribution is 2.36. The number of hydrogen-bond acceptors (Lipinski definition) is 4. The number of nitrogens with zero attached hydrogens (tertiary/aromatic N) is 1. The van der Waals surface area contributed by atoms with Crippen molar-refractivity contribution in [1.82, 2.24) is 9.97 Å². The van der Waals surface area contributed by atoms with E-state index in [-0.39, 0.29) is 17.1 Å². The number of carbonyl (C=O) groups is 1. The lowest BCUT2D eigenvalue weighted by molar-refractivity contribution is -0.117. The lowest BCUT2D eigenvalue weighted by atomic mass is 9.96. The second-order valence-electron chi connectivity index (χ2n) is 8.48. The maximum atomic E-state index is 12.5. The SMILES string of the molecule is CCc1cc(NS(=O)(=O)C2CCC2)ccc1-c1cc(NC(=O)C2CC2)nc2[nH]ccc12. The highest BCUT2D eigenvalue weighted by atomic mass is 32.2. The van der Waals surface area contributed by atoms with Crippen LogP contribution in [0, 0.1) is 5.92 Å². The molecule has 0 spiro atoms. The maximum Gasteiger partial charge on any atom is 0.235 e. The summed E-state index contributed by atoms with van der Waals surface area (Å²) in [6, 6.07) is 9.55. The number of nitrogens with one attached hydrogen (secondary N) is 3. The summed E-state index contributed by atoms with van der Waals surface area (Å²) in [6.45, 7) is 2.05. The van der Waals surface area contributed by atoms with E-state index in [1.165, 1.54) is 0 Å². The molecule has 1 amide bonds. The predicted molar refractivity (Wildman–Crippen MR) is 122 cm³/mol. The molecule has 0 saturated heterocycles. The minimum Gasteiger partial charge on any atom is -0.346 e. The minimum atomic E-state index is -3.34. The molecule has 2 aromatic heterocycles. The van der Waals surface area contributed by atoms with Gasteiger partial charge in [0, 0.05) is 23.2 Å². The van der Waals surface area contributed by atoms with Crippen molar-refractivity contribution in [3.8, 4) is 11.1 Å². The number of aryl methyl sites for hydroxylation is 1. The van der Waals surface area contributed by atoms with Gasteiger partial charge in [-0.05, 0) is 73.1 Å². The Morgan fingerprint density at radius 1 is 1.13 bits per heavy atom. The number of rotatable bonds is 7. The average Bonchev–Trinajstić information content (AvgIpc) is 3.43. The third-order valence-electron chi connectivity index (χ3n) is 6.26. The Morgan fingerprint density at radius 2 is 1.94 bits per heavy atom. The second-order valence-corrected chi connectivity index (χ2v) is 10.4. The van der Waals surface area contributed by atoms with E-state index in [1.54, 1.807) is 0 Å². The number of H-pyrrole nitrogens is 1. The third kappa shape index (κ3) is 3.92. The lowest BCUT2D eigenvalue weighted by Crippen LogP contribution is -2.33. The van der Waals surface area contributed by atoms with Crippen molar-refractivity contribution in [2.75, 3.05) is 10.0 Å². The summed E-state index contributed by atoms with van der Waals surface area (Å²) in [6.07, 6.45) is 6.87. The first-order chi connectivity index (χ1) is 14.9. The van der Waals surface area contributed by atoms with Crippen molar-refractivity contribution in [3.63, 3.8) is 0 Å². The number of fused-ring (bicyclic) bond motifs is 1. The van der Waals surface area contributed by atoms with Crippen LogP contribution in [0.15, 0.2) is 36.5 Å². The van der Waals surface area contributed by atoms with Gasteiger partial charge in [0.2, 0.25) is 15.9 Å². The Hall–Kier alpha value is -2.87. The van der Waals surface area contributed by atoms with E-state index < -0.39 is 10.0 Å². The fourth-order valence-electron chi connectivity index (χ4n) is 4.04. The van der Waals surface area contributed by atoms with Crippen molar-refractivity contribution >= 4 is 38.5 Å². The molecule has 162 valence electrons. The van der Waals surface area contributed by atoms with Crippen molar-refractivity contribution in [3.05, 3.63) is 42.1 Å². The van der Waals surface area contributed by atoms with Gasteiger partial charge < -0.3 is 10.3 Å². The Balaban J connectivity index is 1.51. The van der Waals surface area contributed by atoms with Crippen LogP contribution in [0.1, 0.15) is 44.6 Å². The van der Waals surface area contributed by atoms with Crippen molar-refractivity contribution in [2.24, 2.45) is 5.92 Å². The quantitative estimate of drug-likeness (QED) is 0.507. The van der Waals surface area contributed by atoms with E-state index in [1.807, 2.05) is 43.5 Å². The monoisotopic (exact) mass is 438 g/mol. The summed E-state index contributed by atoms with van der Waals surface area (Å²) in [5.74, 6) is 0.637. The van der Waals surface area contributed by atoms with Crippen LogP contribution < -0.4 is 10.0 Å². The number of pyridine rings is 1. The first-order valence-electron chi connectivity index (χ1n) is 10.9. The molecule has 2 aliphatic carbocycles. The number of hydrogen-bond donors (Lipinski definition) is 3. The highest BCUT2D eigenvalue weighted by Gasteiger charge is 2.31. The molecule has 31 heavy (non-hydrogen) atoms. The molecule has 2 heterocycles. The third-order valence-corrected chi connectivity index (χ3v) is 8.12. The van der Waals surface area contributed by atoms with Gasteiger partial charge in [-0.25, -0.2) is 13.4 Å². The van der Waals surface area contributed by atoms with Crippen molar-refractivity contribution in [2.45, 2.75) is 50.7 Å². The van der Waals surface area contributed by atoms with Gasteiger partial charge >= 0.3 is 0 Å². The maximum absolute atomic E-state index is 12.5. The van der Waals surface area contributed by atoms with Gasteiger partial charge in [0.15, 0.2) is 0 Å². The van der Waals surface area contributed by atoms with E-state index >= 15 is 0 Å². The van der Waals surface area contributed by atoms with Crippen LogP contribution in [0.3, 0.4) is 0 Å². The standard InChI is InChI=1S/C23H26N4O3S/c1-2-14-12-16(27-31(29,30)17-4-3-5-17)8-9-18(14)20-13-21(26-23(28)15-6-7-15)25-22-19(20)10-11-24-22/h8-13,15,17,27H,2-7H2,1H3,(H2,24,25,26,28). The molecule has 0 bridgehead atoms. The number of aromatic nitrogens is 2. The largest absolute Gasteiger partial charge is 0.346 e. The van der Waals surface area contributed by atoms with Gasteiger partial charge in [0.25, 0.3) is 0 Å². The number of benzene rings is 1. The molecule has 5 rings (SSSR count). The van der Waals surface area contributed by atoms with Crippen LogP contribution in [0.4, 0.5) is 11.5 Å². The zero-order valence-electron chi connectivity index (χ0n) is 17.4. The van der Waals surface area contributed by atoms with Gasteiger partial charge in [-0.2, -0.15) is 0 Å². The molecule has 1 aromatic carbocycles. The van der Waals surface area contributed by atoms with Crippen molar-refractivity contribution < 1.29 is 13.2 Å². The van der Waals surface area contributed by atoms with Crippen LogP contribution in [0.2, 0.25) is 0 Å². The van der Waals surface area contributed by atoms with Gasteiger partial charge in [0.1, 0.15) is 11.5 Å². The summed E-state index contributed by atoms with van der Waals surface area (Å²) in [5.41, 5.74) is 4.29. The molecular weight excluding hydrogens is 412 g/mol. The lowest BCUT2D eigenvalue weighted by Gasteiger charge is -2.26. The Bertz CT molecular complexity index is 1260. The average molecular weight is 439 g/mol. The Morgan fingerprint density at radius 3 is 2.61 bits per heavy atom. The molecule has 3 aromatic rings. The fraction of sp³-hybridized carbons (Fsp3) is 0.391. The molecule has 0 radical (unpaired) electrons. The summed E-state index contributed by atoms with van der Waals surface area (Å²) in [4.78, 5) is 19.9. The van der Waals surface area contributed by atoms with Gasteiger partial charge in [-0.1, -0.05) is 19.4 Å². The number of anilines is 2. The minimum absolute atomic E-state index is 0.0146. The van der Waals surface area contributed by atoms with Crippen LogP contribution in [-0.4, -0.2) is 29.5 Å². The van der Waals surface area contributed by atoms with Crippen molar-refractivity contribution in [1.29, 1.82) is 0 Å². The molecular formula is C23H26N4O3S. The number of amides is 1. The molecule has 2 aliphatic rings. The Labute approximate surface area is 181 Å². The van der Waals surface area contributed by atoms with Crippen LogP contribution in [0.5, 0.6) is 0 Å². The molecule has 7 nitrogen and oxygen atoms in total. The zero-order valence-corrected chi connectivity index (χ0v) is 18.3. The van der Waals surface area contributed by atoms with E-state index in [4.69, 9.17) is 0 Å². The summed E-state index contributed by atoms with van der Waals surface area (Å²) < 4.78 is 27.8. The molecule has 2 fully saturated rings.